The lowest BCUT2D eigenvalue weighted by Crippen LogP contribution is -2.50. The van der Waals surface area contributed by atoms with Crippen LogP contribution in [0, 0.1) is 0 Å². The number of hydrogen-bond donors (Lipinski definition) is 1. The summed E-state index contributed by atoms with van der Waals surface area (Å²) in [6, 6.07) is 11.5. The molecule has 2 aromatic rings. The SMILES string of the molecule is CCC(C)c1ccc(C(=O)N2CCN(C(=O)c3ccc[nH]3)CC2)cc1. The Kier molecular flexibility index (Phi) is 5.22. The molecule has 2 heterocycles. The Morgan fingerprint density at radius 3 is 2.12 bits per heavy atom. The summed E-state index contributed by atoms with van der Waals surface area (Å²) in [6.07, 6.45) is 2.83. The smallest absolute Gasteiger partial charge is 0.270 e. The van der Waals surface area contributed by atoms with Gasteiger partial charge in [0, 0.05) is 37.9 Å². The van der Waals surface area contributed by atoms with Crippen molar-refractivity contribution in [2.75, 3.05) is 26.2 Å². The van der Waals surface area contributed by atoms with Gasteiger partial charge < -0.3 is 14.8 Å². The van der Waals surface area contributed by atoms with Crippen LogP contribution in [-0.4, -0.2) is 52.8 Å². The van der Waals surface area contributed by atoms with Gasteiger partial charge in [-0.25, -0.2) is 0 Å². The van der Waals surface area contributed by atoms with E-state index in [-0.39, 0.29) is 11.8 Å². The average molecular weight is 339 g/mol. The second kappa shape index (κ2) is 7.55. The summed E-state index contributed by atoms with van der Waals surface area (Å²) >= 11 is 0. The number of carbonyl (C=O) groups excluding carboxylic acids is 2. The zero-order valence-corrected chi connectivity index (χ0v) is 14.9. The third kappa shape index (κ3) is 3.76. The number of benzene rings is 1. The summed E-state index contributed by atoms with van der Waals surface area (Å²) in [5.41, 5.74) is 2.58. The van der Waals surface area contributed by atoms with Crippen molar-refractivity contribution in [3.8, 4) is 0 Å². The molecule has 3 rings (SSSR count). The summed E-state index contributed by atoms with van der Waals surface area (Å²) in [5, 5.41) is 0. The van der Waals surface area contributed by atoms with Crippen LogP contribution in [0.2, 0.25) is 0 Å². The number of piperazine rings is 1. The Morgan fingerprint density at radius 1 is 1.00 bits per heavy atom. The highest BCUT2D eigenvalue weighted by Crippen LogP contribution is 2.19. The molecule has 1 atom stereocenters. The lowest BCUT2D eigenvalue weighted by molar-refractivity contribution is 0.0532. The lowest BCUT2D eigenvalue weighted by Gasteiger charge is -2.34. The number of aromatic nitrogens is 1. The first kappa shape index (κ1) is 17.3. The first-order chi connectivity index (χ1) is 12.1. The summed E-state index contributed by atoms with van der Waals surface area (Å²) in [5.74, 6) is 0.546. The normalized spacial score (nSPS) is 15.9. The van der Waals surface area contributed by atoms with Crippen molar-refractivity contribution in [1.82, 2.24) is 14.8 Å². The van der Waals surface area contributed by atoms with Crippen LogP contribution >= 0.6 is 0 Å². The maximum atomic E-state index is 12.7. The molecule has 1 fully saturated rings. The van der Waals surface area contributed by atoms with Gasteiger partial charge in [0.25, 0.3) is 11.8 Å². The minimum absolute atomic E-state index is 0.00462. The van der Waals surface area contributed by atoms with Crippen molar-refractivity contribution >= 4 is 11.8 Å². The molecule has 1 aliphatic heterocycles. The van der Waals surface area contributed by atoms with E-state index in [0.717, 1.165) is 12.0 Å². The third-order valence-corrected chi connectivity index (χ3v) is 5.02. The molecule has 2 amide bonds. The molecule has 25 heavy (non-hydrogen) atoms. The van der Waals surface area contributed by atoms with E-state index >= 15 is 0 Å². The summed E-state index contributed by atoms with van der Waals surface area (Å²) < 4.78 is 0. The van der Waals surface area contributed by atoms with E-state index in [0.29, 0.717) is 37.8 Å². The Bertz CT molecular complexity index is 714. The molecule has 0 bridgehead atoms. The Balaban J connectivity index is 1.59. The zero-order chi connectivity index (χ0) is 17.8. The molecule has 132 valence electrons. The molecule has 0 aliphatic carbocycles. The highest BCUT2D eigenvalue weighted by atomic mass is 16.2. The molecule has 1 saturated heterocycles. The van der Waals surface area contributed by atoms with Crippen molar-refractivity contribution in [3.63, 3.8) is 0 Å². The second-order valence-electron chi connectivity index (χ2n) is 6.60. The van der Waals surface area contributed by atoms with Crippen LogP contribution in [0.4, 0.5) is 0 Å². The van der Waals surface area contributed by atoms with Gasteiger partial charge >= 0.3 is 0 Å². The molecule has 0 spiro atoms. The Hall–Kier alpha value is -2.56. The number of carbonyl (C=O) groups is 2. The molecule has 1 aromatic heterocycles. The van der Waals surface area contributed by atoms with E-state index in [9.17, 15) is 9.59 Å². The monoisotopic (exact) mass is 339 g/mol. The fourth-order valence-corrected chi connectivity index (χ4v) is 3.12. The van der Waals surface area contributed by atoms with Crippen LogP contribution in [0.5, 0.6) is 0 Å². The van der Waals surface area contributed by atoms with Crippen molar-refractivity contribution in [1.29, 1.82) is 0 Å². The lowest BCUT2D eigenvalue weighted by atomic mass is 9.97. The molecule has 1 unspecified atom stereocenters. The number of rotatable bonds is 4. The first-order valence-electron chi connectivity index (χ1n) is 8.92. The van der Waals surface area contributed by atoms with Crippen molar-refractivity contribution in [3.05, 3.63) is 59.4 Å². The fraction of sp³-hybridized carbons (Fsp3) is 0.400. The van der Waals surface area contributed by atoms with Gasteiger partial charge in [0.2, 0.25) is 0 Å². The third-order valence-electron chi connectivity index (χ3n) is 5.02. The van der Waals surface area contributed by atoms with E-state index in [1.54, 1.807) is 17.2 Å². The van der Waals surface area contributed by atoms with Gasteiger partial charge in [-0.15, -0.1) is 0 Å². The van der Waals surface area contributed by atoms with Gasteiger partial charge in [-0.05, 0) is 42.2 Å². The van der Waals surface area contributed by atoms with Crippen molar-refractivity contribution in [2.45, 2.75) is 26.2 Å². The number of aromatic amines is 1. The first-order valence-corrected chi connectivity index (χ1v) is 8.92. The highest BCUT2D eigenvalue weighted by molar-refractivity contribution is 5.95. The predicted molar refractivity (Wildman–Crippen MR) is 97.7 cm³/mol. The van der Waals surface area contributed by atoms with Gasteiger partial charge in [-0.3, -0.25) is 9.59 Å². The number of H-pyrrole nitrogens is 1. The van der Waals surface area contributed by atoms with Gasteiger partial charge in [0.05, 0.1) is 0 Å². The molecule has 1 N–H and O–H groups in total. The molecule has 0 radical (unpaired) electrons. The van der Waals surface area contributed by atoms with E-state index in [4.69, 9.17) is 0 Å². The second-order valence-corrected chi connectivity index (χ2v) is 6.60. The molecule has 1 aliphatic rings. The minimum Gasteiger partial charge on any atom is -0.357 e. The average Bonchev–Trinajstić information content (AvgIpc) is 3.21. The standard InChI is InChI=1S/C20H25N3O2/c1-3-15(2)16-6-8-17(9-7-16)19(24)22-11-13-23(14-12-22)20(25)18-5-4-10-21-18/h4-10,15,21H,3,11-14H2,1-2H3. The fourth-order valence-electron chi connectivity index (χ4n) is 3.12. The molecular formula is C20H25N3O2. The molecule has 0 saturated carbocycles. The number of nitrogens with zero attached hydrogens (tertiary/aromatic N) is 2. The van der Waals surface area contributed by atoms with Gasteiger partial charge in [0.15, 0.2) is 0 Å². The van der Waals surface area contributed by atoms with Gasteiger partial charge in [-0.1, -0.05) is 26.0 Å². The van der Waals surface area contributed by atoms with Crippen LogP contribution in [0.25, 0.3) is 0 Å². The molecule has 1 aromatic carbocycles. The number of amides is 2. The van der Waals surface area contributed by atoms with Crippen LogP contribution in [0.3, 0.4) is 0 Å². The zero-order valence-electron chi connectivity index (χ0n) is 14.9. The predicted octanol–water partition coefficient (Wildman–Crippen LogP) is 3.13. The van der Waals surface area contributed by atoms with Crippen LogP contribution in [0.1, 0.15) is 52.6 Å². The van der Waals surface area contributed by atoms with E-state index in [1.807, 2.05) is 35.2 Å². The molecule has 5 heteroatoms. The number of nitrogens with one attached hydrogen (secondary N) is 1. The van der Waals surface area contributed by atoms with E-state index in [1.165, 1.54) is 5.56 Å². The Morgan fingerprint density at radius 2 is 1.60 bits per heavy atom. The van der Waals surface area contributed by atoms with Crippen molar-refractivity contribution in [2.24, 2.45) is 0 Å². The summed E-state index contributed by atoms with van der Waals surface area (Å²) in [4.78, 5) is 31.6. The van der Waals surface area contributed by atoms with Gasteiger partial charge in [0.1, 0.15) is 5.69 Å². The maximum Gasteiger partial charge on any atom is 0.270 e. The van der Waals surface area contributed by atoms with E-state index < -0.39 is 0 Å². The largest absolute Gasteiger partial charge is 0.357 e. The highest BCUT2D eigenvalue weighted by Gasteiger charge is 2.25. The van der Waals surface area contributed by atoms with Crippen molar-refractivity contribution < 1.29 is 9.59 Å². The Labute approximate surface area is 148 Å². The van der Waals surface area contributed by atoms with Crippen LogP contribution < -0.4 is 0 Å². The minimum atomic E-state index is -0.00462. The maximum absolute atomic E-state index is 12.7. The molecular weight excluding hydrogens is 314 g/mol. The topological polar surface area (TPSA) is 56.4 Å². The van der Waals surface area contributed by atoms with Crippen LogP contribution in [-0.2, 0) is 0 Å². The summed E-state index contributed by atoms with van der Waals surface area (Å²) in [6.45, 7) is 6.62. The van der Waals surface area contributed by atoms with E-state index in [2.05, 4.69) is 18.8 Å². The van der Waals surface area contributed by atoms with Crippen LogP contribution in [0.15, 0.2) is 42.6 Å². The van der Waals surface area contributed by atoms with Gasteiger partial charge in [-0.2, -0.15) is 0 Å². The quantitative estimate of drug-likeness (QED) is 0.930. The molecule has 5 nitrogen and oxygen atoms in total. The number of hydrogen-bond acceptors (Lipinski definition) is 2. The summed E-state index contributed by atoms with van der Waals surface area (Å²) in [7, 11) is 0.